The Morgan fingerprint density at radius 2 is 1.67 bits per heavy atom. The Morgan fingerprint density at radius 3 is 2.36 bits per heavy atom. The van der Waals surface area contributed by atoms with E-state index in [2.05, 4.69) is 27.7 Å². The van der Waals surface area contributed by atoms with Crippen LogP contribution >= 0.6 is 0 Å². The SMILES string of the molecule is CC(=O)OCC(C)CCCC(C)C1CCC2C3C(OC4OC(CO)C(O)C(O)C4O)CC4CC(O)CCC4(C)C3CC(O)C12C. The second-order valence-electron chi connectivity index (χ2n) is 16.1. The van der Waals surface area contributed by atoms with E-state index in [1.165, 1.54) is 6.92 Å². The molecule has 4 saturated carbocycles. The number of aliphatic hydroxyl groups is 6. The molecule has 10 heteroatoms. The molecule has 0 amide bonds. The van der Waals surface area contributed by atoms with Crippen LogP contribution in [0.25, 0.3) is 0 Å². The van der Waals surface area contributed by atoms with Crippen molar-refractivity contribution in [2.75, 3.05) is 13.2 Å². The number of hydrogen-bond donors (Lipinski definition) is 6. The second kappa shape index (κ2) is 13.9. The number of hydrogen-bond acceptors (Lipinski definition) is 10. The van der Waals surface area contributed by atoms with Crippen LogP contribution in [0.15, 0.2) is 0 Å². The Hall–Kier alpha value is -0.850. The van der Waals surface area contributed by atoms with Crippen LogP contribution in [0, 0.1) is 52.3 Å². The fourth-order valence-corrected chi connectivity index (χ4v) is 10.9. The molecule has 10 nitrogen and oxygen atoms in total. The molecule has 1 aliphatic heterocycles. The van der Waals surface area contributed by atoms with Gasteiger partial charge in [-0.05, 0) is 104 Å². The third-order valence-corrected chi connectivity index (χ3v) is 13.6. The molecule has 5 fully saturated rings. The number of esters is 1. The van der Waals surface area contributed by atoms with E-state index in [1.54, 1.807) is 0 Å². The summed E-state index contributed by atoms with van der Waals surface area (Å²) < 4.78 is 17.7. The van der Waals surface area contributed by atoms with Gasteiger partial charge >= 0.3 is 5.97 Å². The summed E-state index contributed by atoms with van der Waals surface area (Å²) in [5, 5.41) is 64.3. The van der Waals surface area contributed by atoms with Crippen LogP contribution in [-0.2, 0) is 19.0 Å². The molecule has 5 aliphatic rings. The lowest BCUT2D eigenvalue weighted by Gasteiger charge is -2.64. The zero-order valence-corrected chi connectivity index (χ0v) is 28.0. The predicted molar refractivity (Wildman–Crippen MR) is 165 cm³/mol. The molecule has 260 valence electrons. The molecule has 17 unspecified atom stereocenters. The molecule has 17 atom stereocenters. The Morgan fingerprint density at radius 1 is 0.933 bits per heavy atom. The number of aliphatic hydroxyl groups excluding tert-OH is 6. The molecule has 5 rings (SSSR count). The maximum atomic E-state index is 12.1. The van der Waals surface area contributed by atoms with Gasteiger partial charge in [-0.2, -0.15) is 0 Å². The number of ether oxygens (including phenoxy) is 3. The van der Waals surface area contributed by atoms with Gasteiger partial charge in [0.2, 0.25) is 0 Å². The summed E-state index contributed by atoms with van der Waals surface area (Å²) >= 11 is 0. The lowest BCUT2D eigenvalue weighted by atomic mass is 9.43. The maximum Gasteiger partial charge on any atom is 0.302 e. The van der Waals surface area contributed by atoms with Crippen molar-refractivity contribution in [2.24, 2.45) is 52.3 Å². The van der Waals surface area contributed by atoms with Gasteiger partial charge in [0.15, 0.2) is 6.29 Å². The monoisotopic (exact) mass is 640 g/mol. The molecule has 45 heavy (non-hydrogen) atoms. The van der Waals surface area contributed by atoms with Crippen molar-refractivity contribution in [3.8, 4) is 0 Å². The van der Waals surface area contributed by atoms with Gasteiger partial charge in [0, 0.05) is 6.92 Å². The fourth-order valence-electron chi connectivity index (χ4n) is 10.9. The Balaban J connectivity index is 1.37. The molecular formula is C35H60O10. The summed E-state index contributed by atoms with van der Waals surface area (Å²) in [5.74, 6) is 1.46. The highest BCUT2D eigenvalue weighted by atomic mass is 16.7. The third kappa shape index (κ3) is 6.61. The van der Waals surface area contributed by atoms with Gasteiger partial charge in [0.25, 0.3) is 0 Å². The minimum atomic E-state index is -1.51. The minimum Gasteiger partial charge on any atom is -0.466 e. The average molecular weight is 641 g/mol. The molecule has 1 saturated heterocycles. The highest BCUT2D eigenvalue weighted by Crippen LogP contribution is 2.69. The van der Waals surface area contributed by atoms with Crippen LogP contribution in [0.1, 0.15) is 98.8 Å². The highest BCUT2D eigenvalue weighted by Gasteiger charge is 2.66. The summed E-state index contributed by atoms with van der Waals surface area (Å²) in [4.78, 5) is 11.2. The van der Waals surface area contributed by atoms with E-state index in [4.69, 9.17) is 14.2 Å². The van der Waals surface area contributed by atoms with E-state index in [1.807, 2.05) is 0 Å². The predicted octanol–water partition coefficient (Wildman–Crippen LogP) is 2.78. The van der Waals surface area contributed by atoms with Crippen LogP contribution < -0.4 is 0 Å². The van der Waals surface area contributed by atoms with E-state index in [0.29, 0.717) is 43.6 Å². The first kappa shape index (κ1) is 35.5. The number of rotatable bonds is 10. The Labute approximate surface area is 268 Å². The van der Waals surface area contributed by atoms with Crippen molar-refractivity contribution in [3.63, 3.8) is 0 Å². The standard InChI is InChI=1S/C35H60O10/c1-18(17-43-20(3)37)7-6-8-19(2)23-9-10-24-29-25(15-28(39)35(23,24)5)34(4)12-11-22(38)13-21(34)14-26(29)44-33-32(42)31(41)30(40)27(16-36)45-33/h18-19,21-33,36,38-42H,6-17H2,1-5H3. The largest absolute Gasteiger partial charge is 0.466 e. The zero-order valence-electron chi connectivity index (χ0n) is 28.0. The highest BCUT2D eigenvalue weighted by molar-refractivity contribution is 5.65. The van der Waals surface area contributed by atoms with Crippen molar-refractivity contribution in [3.05, 3.63) is 0 Å². The van der Waals surface area contributed by atoms with Crippen LogP contribution in [-0.4, -0.2) is 98.8 Å². The maximum absolute atomic E-state index is 12.1. The summed E-state index contributed by atoms with van der Waals surface area (Å²) in [7, 11) is 0. The molecule has 0 aromatic heterocycles. The van der Waals surface area contributed by atoms with E-state index in [0.717, 1.165) is 44.9 Å². The van der Waals surface area contributed by atoms with Crippen LogP contribution in [0.4, 0.5) is 0 Å². The molecule has 0 radical (unpaired) electrons. The summed E-state index contributed by atoms with van der Waals surface area (Å²) in [5.41, 5.74) is -0.360. The fraction of sp³-hybridized carbons (Fsp3) is 0.971. The van der Waals surface area contributed by atoms with Gasteiger partial charge in [-0.3, -0.25) is 4.79 Å². The van der Waals surface area contributed by atoms with Crippen LogP contribution in [0.5, 0.6) is 0 Å². The first-order chi connectivity index (χ1) is 21.2. The number of carbonyl (C=O) groups is 1. The van der Waals surface area contributed by atoms with E-state index >= 15 is 0 Å². The minimum absolute atomic E-state index is 0.0524. The Bertz CT molecular complexity index is 1010. The van der Waals surface area contributed by atoms with Crippen LogP contribution in [0.3, 0.4) is 0 Å². The molecule has 0 aromatic carbocycles. The van der Waals surface area contributed by atoms with E-state index in [-0.39, 0.29) is 52.7 Å². The third-order valence-electron chi connectivity index (χ3n) is 13.6. The number of carbonyl (C=O) groups excluding carboxylic acids is 1. The van der Waals surface area contributed by atoms with E-state index < -0.39 is 43.4 Å². The Kier molecular flexibility index (Phi) is 11.0. The van der Waals surface area contributed by atoms with Gasteiger partial charge < -0.3 is 44.8 Å². The molecule has 4 aliphatic carbocycles. The van der Waals surface area contributed by atoms with Crippen molar-refractivity contribution in [2.45, 2.75) is 148 Å². The summed E-state index contributed by atoms with van der Waals surface area (Å²) in [6.45, 7) is 10.4. The zero-order chi connectivity index (χ0) is 32.8. The second-order valence-corrected chi connectivity index (χ2v) is 16.1. The first-order valence-corrected chi connectivity index (χ1v) is 17.7. The summed E-state index contributed by atoms with van der Waals surface area (Å²) in [6.07, 6.45) is 0.909. The lowest BCUT2D eigenvalue weighted by molar-refractivity contribution is -0.330. The number of fused-ring (bicyclic) bond motifs is 5. The quantitative estimate of drug-likeness (QED) is 0.154. The lowest BCUT2D eigenvalue weighted by Crippen LogP contribution is -2.65. The van der Waals surface area contributed by atoms with Gasteiger partial charge in [0.1, 0.15) is 24.4 Å². The smallest absolute Gasteiger partial charge is 0.302 e. The van der Waals surface area contributed by atoms with Gasteiger partial charge in [0.05, 0.1) is 31.5 Å². The molecule has 6 N–H and O–H groups in total. The van der Waals surface area contributed by atoms with Crippen molar-refractivity contribution in [1.82, 2.24) is 0 Å². The molecule has 0 bridgehead atoms. The van der Waals surface area contributed by atoms with Crippen molar-refractivity contribution < 1.29 is 49.6 Å². The first-order valence-electron chi connectivity index (χ1n) is 17.7. The summed E-state index contributed by atoms with van der Waals surface area (Å²) in [6, 6.07) is 0. The van der Waals surface area contributed by atoms with E-state index in [9.17, 15) is 35.4 Å². The molecule has 1 heterocycles. The molecular weight excluding hydrogens is 580 g/mol. The van der Waals surface area contributed by atoms with Gasteiger partial charge in [-0.15, -0.1) is 0 Å². The molecule has 0 spiro atoms. The van der Waals surface area contributed by atoms with Gasteiger partial charge in [-0.25, -0.2) is 0 Å². The normalized spacial score (nSPS) is 49.4. The molecule has 0 aromatic rings. The van der Waals surface area contributed by atoms with Gasteiger partial charge in [-0.1, -0.05) is 40.5 Å². The van der Waals surface area contributed by atoms with Crippen molar-refractivity contribution >= 4 is 5.97 Å². The average Bonchev–Trinajstić information content (AvgIpc) is 3.36. The topological polar surface area (TPSA) is 166 Å². The van der Waals surface area contributed by atoms with Crippen molar-refractivity contribution in [1.29, 1.82) is 0 Å². The van der Waals surface area contributed by atoms with Crippen LogP contribution in [0.2, 0.25) is 0 Å².